The van der Waals surface area contributed by atoms with Crippen LogP contribution in [0.4, 0.5) is 11.5 Å². The normalized spacial score (nSPS) is 12.3. The van der Waals surface area contributed by atoms with Gasteiger partial charge in [0, 0.05) is 24.0 Å². The van der Waals surface area contributed by atoms with Crippen molar-refractivity contribution in [3.8, 4) is 0 Å². The summed E-state index contributed by atoms with van der Waals surface area (Å²) in [5.41, 5.74) is 6.50. The van der Waals surface area contributed by atoms with Crippen LogP contribution in [0.3, 0.4) is 0 Å². The van der Waals surface area contributed by atoms with E-state index < -0.39 is 0 Å². The Hall–Kier alpha value is -1.62. The van der Waals surface area contributed by atoms with Crippen molar-refractivity contribution in [2.75, 3.05) is 17.6 Å². The molecule has 0 spiro atoms. The van der Waals surface area contributed by atoms with Gasteiger partial charge in [-0.1, -0.05) is 6.92 Å². The van der Waals surface area contributed by atoms with E-state index in [0.29, 0.717) is 11.7 Å². The highest BCUT2D eigenvalue weighted by molar-refractivity contribution is 7.09. The largest absolute Gasteiger partial charge is 0.384 e. The van der Waals surface area contributed by atoms with Gasteiger partial charge in [-0.05, 0) is 12.1 Å². The topological polar surface area (TPSA) is 63.8 Å². The highest BCUT2D eigenvalue weighted by Gasteiger charge is 2.07. The molecule has 4 nitrogen and oxygen atoms in total. The fourth-order valence-electron chi connectivity index (χ4n) is 1.35. The van der Waals surface area contributed by atoms with E-state index in [4.69, 9.17) is 5.73 Å². The van der Waals surface area contributed by atoms with E-state index in [-0.39, 0.29) is 0 Å². The summed E-state index contributed by atoms with van der Waals surface area (Å²) in [6.45, 7) is 3.00. The van der Waals surface area contributed by atoms with Crippen LogP contribution in [0.25, 0.3) is 0 Å². The summed E-state index contributed by atoms with van der Waals surface area (Å²) in [7, 11) is 0. The molecule has 0 amide bonds. The van der Waals surface area contributed by atoms with Crippen LogP contribution in [0, 0.1) is 0 Å². The summed E-state index contributed by atoms with van der Waals surface area (Å²) in [5.74, 6) is 0.941. The van der Waals surface area contributed by atoms with Crippen molar-refractivity contribution in [2.24, 2.45) is 0 Å². The van der Waals surface area contributed by atoms with Crippen molar-refractivity contribution in [1.82, 2.24) is 9.97 Å². The summed E-state index contributed by atoms with van der Waals surface area (Å²) in [4.78, 5) is 8.31. The molecule has 0 radical (unpaired) electrons. The van der Waals surface area contributed by atoms with Crippen LogP contribution in [-0.2, 0) is 0 Å². The highest BCUT2D eigenvalue weighted by atomic mass is 32.1. The van der Waals surface area contributed by atoms with Gasteiger partial charge in [0.1, 0.15) is 5.82 Å². The summed E-state index contributed by atoms with van der Waals surface area (Å²) < 4.78 is 0. The Kier molecular flexibility index (Phi) is 3.36. The minimum Gasteiger partial charge on any atom is -0.384 e. The third kappa shape index (κ3) is 2.70. The number of aromatic nitrogens is 2. The zero-order valence-electron chi connectivity index (χ0n) is 9.05. The third-order valence-electron chi connectivity index (χ3n) is 2.27. The summed E-state index contributed by atoms with van der Waals surface area (Å²) in [6.07, 6.45) is 3.57. The molecule has 0 fully saturated rings. The molecule has 0 aromatic carbocycles. The molecule has 5 heteroatoms. The van der Waals surface area contributed by atoms with E-state index in [0.717, 1.165) is 17.2 Å². The van der Waals surface area contributed by atoms with Gasteiger partial charge in [-0.3, -0.25) is 0 Å². The summed E-state index contributed by atoms with van der Waals surface area (Å²) >= 11 is 1.68. The number of nitrogens with zero attached hydrogens (tertiary/aromatic N) is 2. The monoisotopic (exact) mass is 234 g/mol. The predicted molar refractivity (Wildman–Crippen MR) is 67.7 cm³/mol. The van der Waals surface area contributed by atoms with Crippen molar-refractivity contribution in [1.29, 1.82) is 0 Å². The number of nitrogens with one attached hydrogen (secondary N) is 1. The first-order valence-corrected chi connectivity index (χ1v) is 5.98. The molecule has 2 heterocycles. The first-order chi connectivity index (χ1) is 7.75. The fraction of sp³-hybridized carbons (Fsp3) is 0.273. The zero-order chi connectivity index (χ0) is 11.4. The number of thiazole rings is 1. The minimum absolute atomic E-state index is 0.401. The van der Waals surface area contributed by atoms with Crippen LogP contribution >= 0.6 is 11.3 Å². The lowest BCUT2D eigenvalue weighted by Crippen LogP contribution is -2.09. The van der Waals surface area contributed by atoms with Gasteiger partial charge in [0.05, 0.1) is 16.9 Å². The Labute approximate surface area is 98.6 Å². The maximum absolute atomic E-state index is 5.51. The van der Waals surface area contributed by atoms with Crippen molar-refractivity contribution < 1.29 is 0 Å². The van der Waals surface area contributed by atoms with E-state index in [1.165, 1.54) is 0 Å². The van der Waals surface area contributed by atoms with E-state index in [2.05, 4.69) is 22.2 Å². The van der Waals surface area contributed by atoms with Gasteiger partial charge in [-0.15, -0.1) is 11.3 Å². The van der Waals surface area contributed by atoms with Gasteiger partial charge in [-0.2, -0.15) is 0 Å². The van der Waals surface area contributed by atoms with Gasteiger partial charge in [0.25, 0.3) is 0 Å². The smallest absolute Gasteiger partial charge is 0.123 e. The van der Waals surface area contributed by atoms with E-state index in [9.17, 15) is 0 Å². The van der Waals surface area contributed by atoms with Crippen molar-refractivity contribution in [2.45, 2.75) is 12.8 Å². The quantitative estimate of drug-likeness (QED) is 0.852. The second-order valence-corrected chi connectivity index (χ2v) is 4.55. The van der Waals surface area contributed by atoms with E-state index in [1.807, 2.05) is 17.6 Å². The standard InChI is InChI=1S/C11H14N4S/c1-8(11-13-4-5-16-11)6-14-9-2-3-10(12)15-7-9/h2-5,7-8,14H,6H2,1H3,(H2,12,15). The Morgan fingerprint density at radius 2 is 2.31 bits per heavy atom. The highest BCUT2D eigenvalue weighted by Crippen LogP contribution is 2.18. The molecule has 2 aromatic rings. The van der Waals surface area contributed by atoms with Crippen LogP contribution < -0.4 is 11.1 Å². The molecule has 0 aliphatic rings. The molecule has 0 saturated carbocycles. The average Bonchev–Trinajstić information content (AvgIpc) is 2.81. The molecule has 0 aliphatic heterocycles. The van der Waals surface area contributed by atoms with Crippen LogP contribution in [-0.4, -0.2) is 16.5 Å². The van der Waals surface area contributed by atoms with E-state index >= 15 is 0 Å². The predicted octanol–water partition coefficient (Wildman–Crippen LogP) is 2.34. The Morgan fingerprint density at radius 1 is 1.44 bits per heavy atom. The van der Waals surface area contributed by atoms with E-state index in [1.54, 1.807) is 23.6 Å². The van der Waals surface area contributed by atoms with Gasteiger partial charge >= 0.3 is 0 Å². The molecule has 3 N–H and O–H groups in total. The van der Waals surface area contributed by atoms with Gasteiger partial charge in [0.2, 0.25) is 0 Å². The SMILES string of the molecule is CC(CNc1ccc(N)nc1)c1nccs1. The second kappa shape index (κ2) is 4.94. The molecule has 16 heavy (non-hydrogen) atoms. The number of rotatable bonds is 4. The Balaban J connectivity index is 1.90. The van der Waals surface area contributed by atoms with Crippen molar-refractivity contribution in [3.05, 3.63) is 34.9 Å². The molecule has 84 valence electrons. The maximum atomic E-state index is 5.51. The maximum Gasteiger partial charge on any atom is 0.123 e. The zero-order valence-corrected chi connectivity index (χ0v) is 9.87. The van der Waals surface area contributed by atoms with Gasteiger partial charge in [0.15, 0.2) is 0 Å². The number of nitrogens with two attached hydrogens (primary N) is 1. The lowest BCUT2D eigenvalue weighted by Gasteiger charge is -2.10. The lowest BCUT2D eigenvalue weighted by molar-refractivity contribution is 0.794. The van der Waals surface area contributed by atoms with Crippen LogP contribution in [0.1, 0.15) is 17.8 Å². The van der Waals surface area contributed by atoms with Crippen LogP contribution in [0.5, 0.6) is 0 Å². The lowest BCUT2D eigenvalue weighted by atomic mass is 10.2. The molecule has 1 atom stereocenters. The van der Waals surface area contributed by atoms with Crippen LogP contribution in [0.2, 0.25) is 0 Å². The summed E-state index contributed by atoms with van der Waals surface area (Å²) in [5, 5.41) is 6.45. The number of pyridine rings is 1. The third-order valence-corrected chi connectivity index (χ3v) is 3.28. The minimum atomic E-state index is 0.401. The molecule has 0 aliphatic carbocycles. The number of hydrogen-bond donors (Lipinski definition) is 2. The molecule has 0 bridgehead atoms. The van der Waals surface area contributed by atoms with Gasteiger partial charge in [-0.25, -0.2) is 9.97 Å². The van der Waals surface area contributed by atoms with Crippen molar-refractivity contribution in [3.63, 3.8) is 0 Å². The molecule has 1 unspecified atom stereocenters. The summed E-state index contributed by atoms with van der Waals surface area (Å²) in [6, 6.07) is 3.72. The first kappa shape index (κ1) is 10.9. The molecular formula is C11H14N4S. The van der Waals surface area contributed by atoms with Crippen LogP contribution in [0.15, 0.2) is 29.9 Å². The number of nitrogen functional groups attached to an aromatic ring is 1. The number of hydrogen-bond acceptors (Lipinski definition) is 5. The molecule has 2 rings (SSSR count). The first-order valence-electron chi connectivity index (χ1n) is 5.10. The second-order valence-electron chi connectivity index (χ2n) is 3.62. The molecular weight excluding hydrogens is 220 g/mol. The van der Waals surface area contributed by atoms with Gasteiger partial charge < -0.3 is 11.1 Å². The fourth-order valence-corrected chi connectivity index (χ4v) is 2.04. The molecule has 2 aromatic heterocycles. The Bertz CT molecular complexity index is 424. The van der Waals surface area contributed by atoms with Crippen molar-refractivity contribution >= 4 is 22.8 Å². The number of anilines is 2. The molecule has 0 saturated heterocycles. The average molecular weight is 234 g/mol. The Morgan fingerprint density at radius 3 is 2.94 bits per heavy atom.